The third-order valence-corrected chi connectivity index (χ3v) is 13.5. The summed E-state index contributed by atoms with van der Waals surface area (Å²) in [7, 11) is 0. The summed E-state index contributed by atoms with van der Waals surface area (Å²) in [5.74, 6) is -0.763. The second-order valence-corrected chi connectivity index (χ2v) is 17.9. The molecule has 2 aliphatic rings. The van der Waals surface area contributed by atoms with Crippen molar-refractivity contribution in [3.63, 3.8) is 0 Å². The van der Waals surface area contributed by atoms with E-state index in [0.717, 1.165) is 56.2 Å². The monoisotopic (exact) mass is 874 g/mol. The number of nitrogens with one attached hydrogen (secondary N) is 2. The van der Waals surface area contributed by atoms with Crippen molar-refractivity contribution in [3.05, 3.63) is 75.7 Å². The molecule has 0 spiro atoms. The fourth-order valence-corrected chi connectivity index (χ4v) is 9.77. The smallest absolute Gasteiger partial charge is 0.407 e. The molecule has 1 fully saturated rings. The third-order valence-electron chi connectivity index (χ3n) is 12.5. The van der Waals surface area contributed by atoms with E-state index in [-0.39, 0.29) is 54.5 Å². The maximum absolute atomic E-state index is 15.1. The zero-order chi connectivity index (χ0) is 44.6. The second kappa shape index (κ2) is 24.5. The molecule has 2 N–H and O–H groups in total. The number of aromatic nitrogens is 1. The van der Waals surface area contributed by atoms with Crippen molar-refractivity contribution in [1.82, 2.24) is 25.4 Å². The Balaban J connectivity index is 1.25. The first-order chi connectivity index (χ1) is 30.0. The highest BCUT2D eigenvalue weighted by molar-refractivity contribution is 7.09. The minimum Gasteiger partial charge on any atom is -0.461 e. The molecule has 5 rings (SSSR count). The van der Waals surface area contributed by atoms with Crippen LogP contribution in [0.3, 0.4) is 0 Å². The molecule has 340 valence electrons. The van der Waals surface area contributed by atoms with Gasteiger partial charge in [-0.1, -0.05) is 115 Å². The molecular formula is C49H71N5O7S. The van der Waals surface area contributed by atoms with E-state index in [1.54, 1.807) is 12.3 Å². The number of amides is 3. The summed E-state index contributed by atoms with van der Waals surface area (Å²) in [5, 5.41) is 8.59. The molecule has 62 heavy (non-hydrogen) atoms. The van der Waals surface area contributed by atoms with E-state index in [1.165, 1.54) is 22.5 Å². The van der Waals surface area contributed by atoms with Gasteiger partial charge in [0.2, 0.25) is 11.8 Å². The summed E-state index contributed by atoms with van der Waals surface area (Å²) in [4.78, 5) is 63.7. The van der Waals surface area contributed by atoms with Gasteiger partial charge in [0.15, 0.2) is 5.69 Å². The standard InChI is InChI=1S/C49H71N5O7S/c1-8-12-13-19-28-54(42(33(5)6)30-43(59-10-3)46-51-40(32-62-46)48(57)60-11-4)47(56)44(34(7)9-2)52-45(55)41-25-18-20-27-53(41)29-26-50-49(58)61-31-39-37-23-16-14-21-35(37)36-22-15-17-24-38(36)39/h14-17,21-24,32-34,39,41-44H,8-13,18-20,25-31H2,1-7H3,(H,50,58)(H,52,55)/t34-,41+,42+,43+,44-/m0/s1. The first-order valence-corrected chi connectivity index (χ1v) is 24.1. The molecule has 12 nitrogen and oxygen atoms in total. The number of ether oxygens (including phenoxy) is 3. The van der Waals surface area contributed by atoms with E-state index < -0.39 is 30.3 Å². The lowest BCUT2D eigenvalue weighted by Gasteiger charge is -2.40. The highest BCUT2D eigenvalue weighted by Gasteiger charge is 2.39. The number of unbranched alkanes of at least 4 members (excludes halogenated alkanes) is 3. The summed E-state index contributed by atoms with van der Waals surface area (Å²) in [6.45, 7) is 17.3. The predicted molar refractivity (Wildman–Crippen MR) is 245 cm³/mol. The minimum absolute atomic E-state index is 0.0253. The summed E-state index contributed by atoms with van der Waals surface area (Å²) in [6.07, 6.45) is 6.82. The lowest BCUT2D eigenvalue weighted by atomic mass is 9.91. The quantitative estimate of drug-likeness (QED) is 0.0667. The normalized spacial score (nSPS) is 17.1. The molecule has 1 saturated heterocycles. The fraction of sp³-hybridized carbons (Fsp3) is 0.612. The fourth-order valence-electron chi connectivity index (χ4n) is 8.92. The van der Waals surface area contributed by atoms with E-state index in [9.17, 15) is 14.4 Å². The number of benzene rings is 2. The zero-order valence-corrected chi connectivity index (χ0v) is 39.0. The van der Waals surface area contributed by atoms with Crippen molar-refractivity contribution in [1.29, 1.82) is 0 Å². The van der Waals surface area contributed by atoms with Gasteiger partial charge in [-0.05, 0) is 73.7 Å². The molecule has 0 unspecified atom stereocenters. The summed E-state index contributed by atoms with van der Waals surface area (Å²) in [6, 6.07) is 15.2. The largest absolute Gasteiger partial charge is 0.461 e. The Kier molecular flexibility index (Phi) is 19.2. The Morgan fingerprint density at radius 1 is 0.903 bits per heavy atom. The number of piperidine rings is 1. The van der Waals surface area contributed by atoms with Crippen molar-refractivity contribution < 1.29 is 33.4 Å². The summed E-state index contributed by atoms with van der Waals surface area (Å²) >= 11 is 1.37. The van der Waals surface area contributed by atoms with Gasteiger partial charge in [-0.2, -0.15) is 0 Å². The highest BCUT2D eigenvalue weighted by atomic mass is 32.1. The van der Waals surface area contributed by atoms with Gasteiger partial charge in [0, 0.05) is 50.0 Å². The number of thiazole rings is 1. The van der Waals surface area contributed by atoms with Crippen LogP contribution < -0.4 is 10.6 Å². The van der Waals surface area contributed by atoms with Crippen LogP contribution in [0.2, 0.25) is 0 Å². The lowest BCUT2D eigenvalue weighted by molar-refractivity contribution is -0.143. The van der Waals surface area contributed by atoms with Crippen molar-refractivity contribution in [2.45, 2.75) is 136 Å². The molecular weight excluding hydrogens is 803 g/mol. The topological polar surface area (TPSA) is 139 Å². The number of fused-ring (bicyclic) bond motifs is 3. The minimum atomic E-state index is -0.719. The molecule has 0 bridgehead atoms. The predicted octanol–water partition coefficient (Wildman–Crippen LogP) is 9.15. The van der Waals surface area contributed by atoms with Crippen LogP contribution in [0.5, 0.6) is 0 Å². The van der Waals surface area contributed by atoms with E-state index in [1.807, 2.05) is 43.0 Å². The second-order valence-electron chi connectivity index (χ2n) is 17.0. The van der Waals surface area contributed by atoms with Crippen LogP contribution in [0.25, 0.3) is 11.1 Å². The Morgan fingerprint density at radius 3 is 2.26 bits per heavy atom. The van der Waals surface area contributed by atoms with Crippen molar-refractivity contribution in [2.24, 2.45) is 11.8 Å². The van der Waals surface area contributed by atoms with Crippen molar-refractivity contribution in [2.75, 3.05) is 46.0 Å². The summed E-state index contributed by atoms with van der Waals surface area (Å²) < 4.78 is 17.3. The number of hydrogen-bond donors (Lipinski definition) is 2. The van der Waals surface area contributed by atoms with Crippen LogP contribution in [0.15, 0.2) is 53.9 Å². The molecule has 1 aliphatic carbocycles. The van der Waals surface area contributed by atoms with Crippen LogP contribution in [0, 0.1) is 11.8 Å². The third kappa shape index (κ3) is 12.7. The maximum Gasteiger partial charge on any atom is 0.407 e. The number of carbonyl (C=O) groups excluding carboxylic acids is 4. The van der Waals surface area contributed by atoms with E-state index in [4.69, 9.17) is 14.2 Å². The highest BCUT2D eigenvalue weighted by Crippen LogP contribution is 2.44. The molecule has 0 saturated carbocycles. The number of nitrogens with zero attached hydrogens (tertiary/aromatic N) is 3. The number of likely N-dealkylation sites (tertiary alicyclic amines) is 1. The Bertz CT molecular complexity index is 1860. The lowest BCUT2D eigenvalue weighted by Crippen LogP contribution is -2.59. The van der Waals surface area contributed by atoms with Crippen molar-refractivity contribution in [3.8, 4) is 11.1 Å². The molecule has 3 aromatic rings. The average molecular weight is 874 g/mol. The van der Waals surface area contributed by atoms with Gasteiger partial charge in [-0.3, -0.25) is 14.5 Å². The number of rotatable bonds is 24. The van der Waals surface area contributed by atoms with Gasteiger partial charge in [0.1, 0.15) is 23.8 Å². The first kappa shape index (κ1) is 48.7. The number of esters is 1. The molecule has 2 aromatic carbocycles. The Labute approximate surface area is 373 Å². The molecule has 0 radical (unpaired) electrons. The van der Waals surface area contributed by atoms with Crippen LogP contribution in [-0.2, 0) is 23.8 Å². The van der Waals surface area contributed by atoms with E-state index in [2.05, 4.69) is 72.5 Å². The molecule has 1 aromatic heterocycles. The van der Waals surface area contributed by atoms with Crippen molar-refractivity contribution >= 4 is 35.2 Å². The molecule has 1 aliphatic heterocycles. The Hall–Kier alpha value is -4.33. The van der Waals surface area contributed by atoms with Gasteiger partial charge >= 0.3 is 12.1 Å². The van der Waals surface area contributed by atoms with Gasteiger partial charge < -0.3 is 29.7 Å². The Morgan fingerprint density at radius 2 is 1.61 bits per heavy atom. The number of hydrogen-bond acceptors (Lipinski definition) is 10. The molecule has 13 heteroatoms. The van der Waals surface area contributed by atoms with Crippen LogP contribution in [-0.4, -0.2) is 103 Å². The van der Waals surface area contributed by atoms with Crippen LogP contribution >= 0.6 is 11.3 Å². The van der Waals surface area contributed by atoms with Gasteiger partial charge in [-0.15, -0.1) is 11.3 Å². The maximum atomic E-state index is 15.1. The van der Waals surface area contributed by atoms with Crippen LogP contribution in [0.4, 0.5) is 4.79 Å². The van der Waals surface area contributed by atoms with Gasteiger partial charge in [0.25, 0.3) is 0 Å². The average Bonchev–Trinajstić information content (AvgIpc) is 3.90. The van der Waals surface area contributed by atoms with Crippen LogP contribution in [0.1, 0.15) is 145 Å². The van der Waals surface area contributed by atoms with E-state index >= 15 is 4.79 Å². The van der Waals surface area contributed by atoms with Gasteiger partial charge in [0.05, 0.1) is 12.6 Å². The number of carbonyl (C=O) groups is 4. The molecule has 3 amide bonds. The van der Waals surface area contributed by atoms with E-state index in [0.29, 0.717) is 50.5 Å². The molecule has 5 atom stereocenters. The van der Waals surface area contributed by atoms with Gasteiger partial charge in [-0.25, -0.2) is 14.6 Å². The zero-order valence-electron chi connectivity index (χ0n) is 38.2. The SMILES string of the molecule is CCCCCCN(C(=O)[C@@H](NC(=O)[C@H]1CCCCN1CCNC(=O)OCC1c2ccccc2-c2ccccc21)[C@@H](C)CC)[C@H](C[C@@H](OCC)c1nc(C(=O)OCC)cs1)C(C)C. The number of alkyl carbamates (subject to hydrolysis) is 1. The molecule has 2 heterocycles. The summed E-state index contributed by atoms with van der Waals surface area (Å²) in [5.41, 5.74) is 4.94. The first-order valence-electron chi connectivity index (χ1n) is 23.2.